The first-order valence-corrected chi connectivity index (χ1v) is 4.32. The first-order valence-electron chi connectivity index (χ1n) is 4.32. The van der Waals surface area contributed by atoms with Gasteiger partial charge < -0.3 is 4.74 Å². The molecule has 0 spiro atoms. The topological polar surface area (TPSA) is 26.3 Å². The van der Waals surface area contributed by atoms with E-state index in [2.05, 4.69) is 4.74 Å². The van der Waals surface area contributed by atoms with Gasteiger partial charge >= 0.3 is 6.61 Å². The molecule has 0 saturated heterocycles. The van der Waals surface area contributed by atoms with E-state index >= 15 is 0 Å². The number of carbonyl (C=O) groups excluding carboxylic acids is 1. The average Bonchev–Trinajstić information content (AvgIpc) is 2.17. The lowest BCUT2D eigenvalue weighted by atomic mass is 10.1. The summed E-state index contributed by atoms with van der Waals surface area (Å²) in [6.07, 6.45) is 1.04. The van der Waals surface area contributed by atoms with Crippen LogP contribution in [0.5, 0.6) is 0 Å². The van der Waals surface area contributed by atoms with Gasteiger partial charge in [0.1, 0.15) is 5.76 Å². The number of benzene rings is 1. The highest BCUT2D eigenvalue weighted by atomic mass is 19.3. The van der Waals surface area contributed by atoms with Crippen molar-refractivity contribution in [2.45, 2.75) is 13.5 Å². The fourth-order valence-electron chi connectivity index (χ4n) is 1.04. The van der Waals surface area contributed by atoms with Crippen LogP contribution in [0.15, 0.2) is 42.2 Å². The Morgan fingerprint density at radius 1 is 1.33 bits per heavy atom. The lowest BCUT2D eigenvalue weighted by molar-refractivity contribution is -0.0953. The molecule has 4 heteroatoms. The highest BCUT2D eigenvalue weighted by molar-refractivity contribution is 6.04. The Labute approximate surface area is 86.2 Å². The first kappa shape index (κ1) is 11.4. The van der Waals surface area contributed by atoms with Gasteiger partial charge in [0, 0.05) is 11.6 Å². The zero-order valence-corrected chi connectivity index (χ0v) is 8.11. The Morgan fingerprint density at radius 2 is 1.93 bits per heavy atom. The predicted molar refractivity (Wildman–Crippen MR) is 51.6 cm³/mol. The summed E-state index contributed by atoms with van der Waals surface area (Å²) >= 11 is 0. The second kappa shape index (κ2) is 5.24. The van der Waals surface area contributed by atoms with Gasteiger partial charge in [-0.25, -0.2) is 0 Å². The summed E-state index contributed by atoms with van der Waals surface area (Å²) in [5, 5.41) is 0. The van der Waals surface area contributed by atoms with Crippen LogP contribution < -0.4 is 0 Å². The number of allylic oxidation sites excluding steroid dienone is 2. The Morgan fingerprint density at radius 3 is 2.47 bits per heavy atom. The van der Waals surface area contributed by atoms with Gasteiger partial charge in [0.2, 0.25) is 0 Å². The van der Waals surface area contributed by atoms with E-state index in [4.69, 9.17) is 0 Å². The summed E-state index contributed by atoms with van der Waals surface area (Å²) in [4.78, 5) is 11.4. The Kier molecular flexibility index (Phi) is 3.97. The Bertz CT molecular complexity index is 358. The molecule has 0 radical (unpaired) electrons. The van der Waals surface area contributed by atoms with E-state index in [-0.39, 0.29) is 11.5 Å². The molecule has 1 rings (SSSR count). The van der Waals surface area contributed by atoms with E-state index in [0.29, 0.717) is 5.56 Å². The average molecular weight is 212 g/mol. The minimum Gasteiger partial charge on any atom is -0.440 e. The largest absolute Gasteiger partial charge is 0.440 e. The fourth-order valence-corrected chi connectivity index (χ4v) is 1.04. The van der Waals surface area contributed by atoms with E-state index in [1.54, 1.807) is 30.3 Å². The molecule has 0 N–H and O–H groups in total. The molecule has 0 aliphatic rings. The van der Waals surface area contributed by atoms with Crippen molar-refractivity contribution in [2.75, 3.05) is 0 Å². The number of ether oxygens (including phenoxy) is 1. The highest BCUT2D eigenvalue weighted by Crippen LogP contribution is 2.07. The number of rotatable bonds is 4. The molecule has 15 heavy (non-hydrogen) atoms. The van der Waals surface area contributed by atoms with E-state index in [1.165, 1.54) is 6.92 Å². The summed E-state index contributed by atoms with van der Waals surface area (Å²) in [5.74, 6) is -0.451. The van der Waals surface area contributed by atoms with Gasteiger partial charge in [-0.05, 0) is 6.92 Å². The molecular weight excluding hydrogens is 202 g/mol. The molecule has 0 heterocycles. The van der Waals surface area contributed by atoms with Crippen LogP contribution in [0.2, 0.25) is 0 Å². The third-order valence-electron chi connectivity index (χ3n) is 1.67. The summed E-state index contributed by atoms with van der Waals surface area (Å²) in [6.45, 7) is -1.59. The molecular formula is C11H10F2O2. The molecule has 0 aromatic heterocycles. The van der Waals surface area contributed by atoms with Gasteiger partial charge in [-0.1, -0.05) is 30.3 Å². The van der Waals surface area contributed by atoms with Crippen LogP contribution in [0.3, 0.4) is 0 Å². The van der Waals surface area contributed by atoms with E-state index < -0.39 is 6.61 Å². The third-order valence-corrected chi connectivity index (χ3v) is 1.67. The minimum absolute atomic E-state index is 0.0983. The van der Waals surface area contributed by atoms with Crippen molar-refractivity contribution in [3.05, 3.63) is 47.7 Å². The molecule has 0 amide bonds. The van der Waals surface area contributed by atoms with Crippen LogP contribution in [-0.4, -0.2) is 12.4 Å². The van der Waals surface area contributed by atoms with Crippen molar-refractivity contribution < 1.29 is 18.3 Å². The summed E-state index contributed by atoms with van der Waals surface area (Å²) < 4.78 is 27.6. The number of halogens is 2. The molecule has 80 valence electrons. The number of hydrogen-bond acceptors (Lipinski definition) is 2. The molecule has 0 fully saturated rings. The van der Waals surface area contributed by atoms with E-state index in [9.17, 15) is 13.6 Å². The maximum atomic E-state index is 11.8. The number of carbonyl (C=O) groups is 1. The molecule has 0 aliphatic heterocycles. The fraction of sp³-hybridized carbons (Fsp3) is 0.182. The molecule has 1 aromatic carbocycles. The first-order chi connectivity index (χ1) is 7.09. The normalized spacial score (nSPS) is 11.6. The summed E-state index contributed by atoms with van der Waals surface area (Å²) in [6, 6.07) is 8.38. The molecule has 0 aliphatic carbocycles. The van der Waals surface area contributed by atoms with Crippen LogP contribution >= 0.6 is 0 Å². The van der Waals surface area contributed by atoms with Gasteiger partial charge in [-0.3, -0.25) is 4.79 Å². The summed E-state index contributed by atoms with van der Waals surface area (Å²) in [5.41, 5.74) is 0.440. The third kappa shape index (κ3) is 3.89. The van der Waals surface area contributed by atoms with E-state index in [0.717, 1.165) is 6.08 Å². The van der Waals surface area contributed by atoms with Crippen molar-refractivity contribution in [3.63, 3.8) is 0 Å². The zero-order valence-electron chi connectivity index (χ0n) is 8.11. The van der Waals surface area contributed by atoms with Crippen LogP contribution in [0.25, 0.3) is 0 Å². The van der Waals surface area contributed by atoms with Crippen molar-refractivity contribution in [1.29, 1.82) is 0 Å². The monoisotopic (exact) mass is 212 g/mol. The second-order valence-electron chi connectivity index (χ2n) is 2.86. The smallest absolute Gasteiger partial charge is 0.387 e. The summed E-state index contributed by atoms with van der Waals surface area (Å²) in [7, 11) is 0. The van der Waals surface area contributed by atoms with E-state index in [1.807, 2.05) is 0 Å². The lowest BCUT2D eigenvalue weighted by Crippen LogP contribution is -2.00. The maximum absolute atomic E-state index is 11.8. The SMILES string of the molecule is C/C(=C/C(=O)c1ccccc1)OC(F)F. The van der Waals surface area contributed by atoms with Gasteiger partial charge in [-0.2, -0.15) is 8.78 Å². The van der Waals surface area contributed by atoms with Crippen LogP contribution in [0.1, 0.15) is 17.3 Å². The van der Waals surface area contributed by atoms with Gasteiger partial charge in [0.15, 0.2) is 5.78 Å². The standard InChI is InChI=1S/C11H10F2O2/c1-8(15-11(12)13)7-10(14)9-5-3-2-4-6-9/h2-7,11H,1H3/b8-7-. The number of ketones is 1. The van der Waals surface area contributed by atoms with Crippen LogP contribution in [-0.2, 0) is 4.74 Å². The number of hydrogen-bond donors (Lipinski definition) is 0. The van der Waals surface area contributed by atoms with Gasteiger partial charge in [0.25, 0.3) is 0 Å². The molecule has 1 aromatic rings. The molecule has 2 nitrogen and oxygen atoms in total. The van der Waals surface area contributed by atoms with Crippen LogP contribution in [0.4, 0.5) is 8.78 Å². The minimum atomic E-state index is -2.90. The number of alkyl halides is 2. The van der Waals surface area contributed by atoms with Crippen LogP contribution in [0, 0.1) is 0 Å². The van der Waals surface area contributed by atoms with Crippen molar-refractivity contribution >= 4 is 5.78 Å². The second-order valence-corrected chi connectivity index (χ2v) is 2.86. The molecule has 0 bridgehead atoms. The Balaban J connectivity index is 2.71. The highest BCUT2D eigenvalue weighted by Gasteiger charge is 2.06. The maximum Gasteiger partial charge on any atom is 0.387 e. The molecule has 0 atom stereocenters. The van der Waals surface area contributed by atoms with Gasteiger partial charge in [0.05, 0.1) is 0 Å². The quantitative estimate of drug-likeness (QED) is 0.435. The molecule has 0 saturated carbocycles. The van der Waals surface area contributed by atoms with Crippen molar-refractivity contribution in [3.8, 4) is 0 Å². The zero-order chi connectivity index (χ0) is 11.3. The Hall–Kier alpha value is -1.71. The van der Waals surface area contributed by atoms with Crippen molar-refractivity contribution in [1.82, 2.24) is 0 Å². The van der Waals surface area contributed by atoms with Gasteiger partial charge in [-0.15, -0.1) is 0 Å². The molecule has 0 unspecified atom stereocenters. The predicted octanol–water partition coefficient (Wildman–Crippen LogP) is 3.01. The lowest BCUT2D eigenvalue weighted by Gasteiger charge is -2.03. The van der Waals surface area contributed by atoms with Crippen molar-refractivity contribution in [2.24, 2.45) is 0 Å².